The average Bonchev–Trinajstić information content (AvgIpc) is 2.96. The van der Waals surface area contributed by atoms with E-state index in [0.717, 1.165) is 64.2 Å². The summed E-state index contributed by atoms with van der Waals surface area (Å²) in [6.45, 7) is 4.48. The summed E-state index contributed by atoms with van der Waals surface area (Å²) in [4.78, 5) is 23.9. The molecule has 0 bridgehead atoms. The first-order valence-corrected chi connectivity index (χ1v) is 17.5. The number of aliphatic hydroxyl groups is 1. The van der Waals surface area contributed by atoms with E-state index in [1.165, 1.54) is 89.9 Å². The van der Waals surface area contributed by atoms with Crippen molar-refractivity contribution in [2.75, 3.05) is 0 Å². The van der Waals surface area contributed by atoms with Gasteiger partial charge < -0.3 is 15.5 Å². The van der Waals surface area contributed by atoms with Crippen LogP contribution in [0.3, 0.4) is 0 Å². The fraction of sp³-hybridized carbons (Fsp3) is 0.833. The van der Waals surface area contributed by atoms with E-state index in [-0.39, 0.29) is 5.91 Å². The molecular formula is C36H67NO4. The lowest BCUT2D eigenvalue weighted by molar-refractivity contribution is -0.145. The van der Waals surface area contributed by atoms with Crippen molar-refractivity contribution in [3.05, 3.63) is 24.3 Å². The SMILES string of the molecule is CCCCC/C=C\C/C=C\CCCCCCCC(=O)NC(C(=O)O)C(O)CCCCCCCCCCCCCCC. The first-order chi connectivity index (χ1) is 20.0. The zero-order valence-corrected chi connectivity index (χ0v) is 27.1. The molecule has 1 amide bonds. The standard InChI is InChI=1S/C36H67NO4/c1-3-5-7-9-11-13-15-17-18-20-22-24-26-28-30-32-34(39)37-35(36(40)41)33(38)31-29-27-25-23-21-19-16-14-12-10-8-6-4-2/h11,13,17-18,33,35,38H,3-10,12,14-16,19-32H2,1-2H3,(H,37,39)(H,40,41)/b13-11-,18-17-. The highest BCUT2D eigenvalue weighted by molar-refractivity contribution is 5.83. The first-order valence-electron chi connectivity index (χ1n) is 17.5. The van der Waals surface area contributed by atoms with Crippen molar-refractivity contribution < 1.29 is 19.8 Å². The van der Waals surface area contributed by atoms with Gasteiger partial charge in [0.2, 0.25) is 5.91 Å². The predicted molar refractivity (Wildman–Crippen MR) is 175 cm³/mol. The van der Waals surface area contributed by atoms with Crippen LogP contribution in [0.5, 0.6) is 0 Å². The van der Waals surface area contributed by atoms with Crippen molar-refractivity contribution in [1.29, 1.82) is 0 Å². The zero-order valence-electron chi connectivity index (χ0n) is 27.1. The lowest BCUT2D eigenvalue weighted by Gasteiger charge is -2.20. The van der Waals surface area contributed by atoms with Gasteiger partial charge in [-0.15, -0.1) is 0 Å². The molecule has 0 aromatic rings. The summed E-state index contributed by atoms with van der Waals surface area (Å²) in [7, 11) is 0. The Morgan fingerprint density at radius 1 is 0.585 bits per heavy atom. The molecule has 0 saturated heterocycles. The molecule has 0 radical (unpaired) electrons. The van der Waals surface area contributed by atoms with Crippen LogP contribution in [-0.2, 0) is 9.59 Å². The number of carboxylic acids is 1. The van der Waals surface area contributed by atoms with E-state index in [1.54, 1.807) is 0 Å². The molecule has 0 aromatic carbocycles. The van der Waals surface area contributed by atoms with Gasteiger partial charge >= 0.3 is 5.97 Å². The number of allylic oxidation sites excluding steroid dienone is 4. The number of aliphatic hydroxyl groups excluding tert-OH is 1. The number of nitrogens with one attached hydrogen (secondary N) is 1. The lowest BCUT2D eigenvalue weighted by atomic mass is 10.0. The molecule has 0 aromatic heterocycles. The largest absolute Gasteiger partial charge is 0.480 e. The number of unbranched alkanes of at least 4 members (excludes halogenated alkanes) is 20. The van der Waals surface area contributed by atoms with E-state index in [1.807, 2.05) is 0 Å². The van der Waals surface area contributed by atoms with Gasteiger partial charge in [0, 0.05) is 6.42 Å². The molecule has 0 rings (SSSR count). The summed E-state index contributed by atoms with van der Waals surface area (Å²) in [5.41, 5.74) is 0. The molecule has 240 valence electrons. The third-order valence-corrected chi connectivity index (χ3v) is 7.93. The fourth-order valence-electron chi connectivity index (χ4n) is 5.20. The Morgan fingerprint density at radius 2 is 1.00 bits per heavy atom. The number of amides is 1. The number of aliphatic carboxylic acids is 1. The van der Waals surface area contributed by atoms with Crippen LogP contribution in [0.15, 0.2) is 24.3 Å². The van der Waals surface area contributed by atoms with Crippen LogP contribution < -0.4 is 5.32 Å². The Morgan fingerprint density at radius 3 is 1.51 bits per heavy atom. The zero-order chi connectivity index (χ0) is 30.2. The van der Waals surface area contributed by atoms with Crippen molar-refractivity contribution in [3.8, 4) is 0 Å². The number of carbonyl (C=O) groups excluding carboxylic acids is 1. The van der Waals surface area contributed by atoms with E-state index in [9.17, 15) is 19.8 Å². The minimum Gasteiger partial charge on any atom is -0.480 e. The molecule has 2 unspecified atom stereocenters. The smallest absolute Gasteiger partial charge is 0.328 e. The number of rotatable bonds is 31. The van der Waals surface area contributed by atoms with Crippen molar-refractivity contribution >= 4 is 11.9 Å². The van der Waals surface area contributed by atoms with E-state index in [4.69, 9.17) is 0 Å². The van der Waals surface area contributed by atoms with Crippen LogP contribution in [0, 0.1) is 0 Å². The summed E-state index contributed by atoms with van der Waals surface area (Å²) in [6.07, 6.45) is 37.2. The summed E-state index contributed by atoms with van der Waals surface area (Å²) in [5, 5.41) is 22.5. The maximum atomic E-state index is 12.3. The predicted octanol–water partition coefficient (Wildman–Crippen LogP) is 10.2. The molecule has 0 aliphatic rings. The van der Waals surface area contributed by atoms with Gasteiger partial charge in [0.15, 0.2) is 6.04 Å². The van der Waals surface area contributed by atoms with Gasteiger partial charge in [-0.25, -0.2) is 4.79 Å². The quantitative estimate of drug-likeness (QED) is 0.0565. The Hall–Kier alpha value is -1.62. The summed E-state index contributed by atoms with van der Waals surface area (Å²) >= 11 is 0. The summed E-state index contributed by atoms with van der Waals surface area (Å²) in [6, 6.07) is -1.21. The normalized spacial score (nSPS) is 13.2. The van der Waals surface area contributed by atoms with Gasteiger partial charge in [-0.1, -0.05) is 154 Å². The van der Waals surface area contributed by atoms with Gasteiger partial charge in [-0.3, -0.25) is 4.79 Å². The van der Waals surface area contributed by atoms with Crippen molar-refractivity contribution in [2.45, 2.75) is 193 Å². The maximum Gasteiger partial charge on any atom is 0.328 e. The van der Waals surface area contributed by atoms with Gasteiger partial charge in [0.1, 0.15) is 0 Å². The molecule has 0 aliphatic carbocycles. The Balaban J connectivity index is 3.75. The van der Waals surface area contributed by atoms with Crippen LogP contribution in [0.1, 0.15) is 181 Å². The summed E-state index contributed by atoms with van der Waals surface area (Å²) in [5.74, 6) is -1.42. The van der Waals surface area contributed by atoms with Crippen molar-refractivity contribution in [1.82, 2.24) is 5.32 Å². The molecule has 41 heavy (non-hydrogen) atoms. The second-order valence-electron chi connectivity index (χ2n) is 12.0. The second kappa shape index (κ2) is 31.3. The molecule has 0 heterocycles. The lowest BCUT2D eigenvalue weighted by Crippen LogP contribution is -2.48. The molecule has 0 spiro atoms. The highest BCUT2D eigenvalue weighted by atomic mass is 16.4. The van der Waals surface area contributed by atoms with Crippen LogP contribution in [0.25, 0.3) is 0 Å². The molecule has 0 aliphatic heterocycles. The van der Waals surface area contributed by atoms with E-state index < -0.39 is 18.1 Å². The average molecular weight is 578 g/mol. The molecular weight excluding hydrogens is 510 g/mol. The van der Waals surface area contributed by atoms with Crippen molar-refractivity contribution in [2.24, 2.45) is 0 Å². The highest BCUT2D eigenvalue weighted by Crippen LogP contribution is 2.15. The number of carboxylic acid groups (broad SMARTS) is 1. The maximum absolute atomic E-state index is 12.3. The molecule has 5 heteroatoms. The van der Waals surface area contributed by atoms with Crippen molar-refractivity contribution in [3.63, 3.8) is 0 Å². The third-order valence-electron chi connectivity index (χ3n) is 7.93. The topological polar surface area (TPSA) is 86.6 Å². The van der Waals surface area contributed by atoms with E-state index in [0.29, 0.717) is 12.8 Å². The van der Waals surface area contributed by atoms with Gasteiger partial charge in [0.25, 0.3) is 0 Å². The molecule has 0 saturated carbocycles. The minimum absolute atomic E-state index is 0.271. The van der Waals surface area contributed by atoms with Gasteiger partial charge in [-0.05, 0) is 44.9 Å². The number of hydrogen-bond donors (Lipinski definition) is 3. The number of carbonyl (C=O) groups is 2. The molecule has 0 fully saturated rings. The Kier molecular flexibility index (Phi) is 30.1. The van der Waals surface area contributed by atoms with Crippen LogP contribution in [0.2, 0.25) is 0 Å². The molecule has 2 atom stereocenters. The second-order valence-corrected chi connectivity index (χ2v) is 12.0. The van der Waals surface area contributed by atoms with Crippen LogP contribution in [-0.4, -0.2) is 34.2 Å². The van der Waals surface area contributed by atoms with Crippen LogP contribution >= 0.6 is 0 Å². The fourth-order valence-corrected chi connectivity index (χ4v) is 5.20. The monoisotopic (exact) mass is 578 g/mol. The van der Waals surface area contributed by atoms with E-state index in [2.05, 4.69) is 43.5 Å². The Labute approximate surface area is 254 Å². The minimum atomic E-state index is -1.21. The van der Waals surface area contributed by atoms with Gasteiger partial charge in [-0.2, -0.15) is 0 Å². The van der Waals surface area contributed by atoms with Gasteiger partial charge in [0.05, 0.1) is 6.10 Å². The number of hydrogen-bond acceptors (Lipinski definition) is 3. The van der Waals surface area contributed by atoms with E-state index >= 15 is 0 Å². The Bertz CT molecular complexity index is 645. The summed E-state index contributed by atoms with van der Waals surface area (Å²) < 4.78 is 0. The molecule has 5 nitrogen and oxygen atoms in total. The highest BCUT2D eigenvalue weighted by Gasteiger charge is 2.27. The first kappa shape index (κ1) is 39.4. The molecule has 3 N–H and O–H groups in total. The van der Waals surface area contributed by atoms with Crippen LogP contribution in [0.4, 0.5) is 0 Å². The third kappa shape index (κ3) is 28.3.